The minimum Gasteiger partial charge on any atom is -0.439 e. The number of nitrogens with zero attached hydrogens (tertiary/aromatic N) is 4. The van der Waals surface area contributed by atoms with Crippen molar-refractivity contribution in [1.82, 2.24) is 19.7 Å². The number of carbonyl (C=O) groups excluding carboxylic acids is 1. The number of benzene rings is 2. The second-order valence-corrected chi connectivity index (χ2v) is 7.08. The van der Waals surface area contributed by atoms with Crippen LogP contribution in [-0.2, 0) is 13.2 Å². The number of aryl methyl sites for hydroxylation is 1. The topological polar surface area (TPSA) is 94.0 Å². The van der Waals surface area contributed by atoms with Crippen LogP contribution in [0.2, 0.25) is 0 Å². The normalized spacial score (nSPS) is 11.2. The first kappa shape index (κ1) is 22.7. The fourth-order valence-electron chi connectivity index (χ4n) is 2.99. The summed E-state index contributed by atoms with van der Waals surface area (Å²) in [6, 6.07) is 8.24. The summed E-state index contributed by atoms with van der Waals surface area (Å²) in [5, 5.41) is 8.71. The van der Waals surface area contributed by atoms with Crippen LogP contribution in [0.4, 0.5) is 33.7 Å². The van der Waals surface area contributed by atoms with Crippen molar-refractivity contribution in [1.29, 1.82) is 0 Å². The second kappa shape index (κ2) is 9.17. The van der Waals surface area contributed by atoms with E-state index in [1.807, 2.05) is 0 Å². The van der Waals surface area contributed by atoms with Crippen molar-refractivity contribution in [3.05, 3.63) is 78.6 Å². The number of aromatic nitrogens is 4. The predicted molar refractivity (Wildman–Crippen MR) is 115 cm³/mol. The molecule has 0 fully saturated rings. The van der Waals surface area contributed by atoms with E-state index in [-0.39, 0.29) is 23.0 Å². The number of rotatable bonds is 5. The van der Waals surface area contributed by atoms with Crippen molar-refractivity contribution in [3.8, 4) is 22.9 Å². The summed E-state index contributed by atoms with van der Waals surface area (Å²) >= 11 is 0. The van der Waals surface area contributed by atoms with Gasteiger partial charge in [0.1, 0.15) is 17.9 Å². The van der Waals surface area contributed by atoms with E-state index in [0.29, 0.717) is 5.69 Å². The highest BCUT2D eigenvalue weighted by atomic mass is 19.4. The Morgan fingerprint density at radius 2 is 1.82 bits per heavy atom. The van der Waals surface area contributed by atoms with E-state index >= 15 is 0 Å². The smallest absolute Gasteiger partial charge is 0.416 e. The molecule has 4 aromatic rings. The minimum absolute atomic E-state index is 0.0148. The summed E-state index contributed by atoms with van der Waals surface area (Å²) in [6.07, 6.45) is 0.0815. The lowest BCUT2D eigenvalue weighted by Crippen LogP contribution is -2.20. The van der Waals surface area contributed by atoms with Crippen molar-refractivity contribution in [2.75, 3.05) is 10.6 Å². The lowest BCUT2D eigenvalue weighted by molar-refractivity contribution is -0.137. The molecule has 8 nitrogen and oxygen atoms in total. The number of amides is 2. The molecule has 2 N–H and O–H groups in total. The molecule has 0 unspecified atom stereocenters. The molecule has 2 heterocycles. The molecule has 34 heavy (non-hydrogen) atoms. The van der Waals surface area contributed by atoms with E-state index in [1.165, 1.54) is 24.5 Å². The maximum Gasteiger partial charge on any atom is 0.416 e. The van der Waals surface area contributed by atoms with Crippen molar-refractivity contribution in [3.63, 3.8) is 0 Å². The summed E-state index contributed by atoms with van der Waals surface area (Å²) in [6.45, 7) is 0. The molecule has 2 aromatic carbocycles. The number of hydrogen-bond acceptors (Lipinski definition) is 5. The van der Waals surface area contributed by atoms with Crippen LogP contribution in [0.15, 0.2) is 67.3 Å². The fourth-order valence-corrected chi connectivity index (χ4v) is 2.99. The molecule has 0 bridgehead atoms. The highest BCUT2D eigenvalue weighted by molar-refractivity contribution is 5.99. The highest BCUT2D eigenvalue weighted by Crippen LogP contribution is 2.31. The molecule has 2 aromatic heterocycles. The summed E-state index contributed by atoms with van der Waals surface area (Å²) in [4.78, 5) is 20.4. The number of carbonyl (C=O) groups is 1. The summed E-state index contributed by atoms with van der Waals surface area (Å²) in [5.74, 6) is -0.558. The molecule has 0 saturated carbocycles. The molecule has 0 atom stereocenters. The largest absolute Gasteiger partial charge is 0.439 e. The van der Waals surface area contributed by atoms with Crippen molar-refractivity contribution >= 4 is 17.4 Å². The average Bonchev–Trinajstić information content (AvgIpc) is 3.19. The van der Waals surface area contributed by atoms with Gasteiger partial charge in [0.25, 0.3) is 0 Å². The molecule has 0 radical (unpaired) electrons. The lowest BCUT2D eigenvalue weighted by Gasteiger charge is -2.12. The Labute approximate surface area is 190 Å². The van der Waals surface area contributed by atoms with E-state index in [2.05, 4.69) is 25.7 Å². The van der Waals surface area contributed by atoms with Gasteiger partial charge in [0.15, 0.2) is 0 Å². The van der Waals surface area contributed by atoms with E-state index < -0.39 is 23.6 Å². The van der Waals surface area contributed by atoms with Crippen molar-refractivity contribution in [2.24, 2.45) is 7.05 Å². The van der Waals surface area contributed by atoms with E-state index in [1.54, 1.807) is 24.1 Å². The van der Waals surface area contributed by atoms with Crippen LogP contribution in [0.5, 0.6) is 11.6 Å². The van der Waals surface area contributed by atoms with Crippen LogP contribution >= 0.6 is 0 Å². The van der Waals surface area contributed by atoms with Gasteiger partial charge in [0, 0.05) is 48.4 Å². The van der Waals surface area contributed by atoms with Crippen LogP contribution in [0, 0.1) is 5.82 Å². The van der Waals surface area contributed by atoms with Gasteiger partial charge in [0.05, 0.1) is 17.5 Å². The molecular formula is C22H16F4N6O2. The molecule has 4 rings (SSSR count). The Bertz CT molecular complexity index is 1340. The van der Waals surface area contributed by atoms with Crippen LogP contribution in [-0.4, -0.2) is 25.8 Å². The van der Waals surface area contributed by atoms with Crippen molar-refractivity contribution < 1.29 is 27.1 Å². The number of urea groups is 1. The number of anilines is 2. The molecule has 0 aliphatic carbocycles. The molecule has 12 heteroatoms. The third-order valence-electron chi connectivity index (χ3n) is 4.44. The Hall–Kier alpha value is -4.48. The standard InChI is InChI=1S/C22H16F4N6O2/c1-32-11-13(10-29-32)19-9-20(28-12-27-19)34-18-7-15(23)6-17(8-18)31-21(33)30-16-4-2-3-14(5-16)22(24,25)26/h2-12H,1H3,(H2,30,31,33). The quantitative estimate of drug-likeness (QED) is 0.376. The van der Waals surface area contributed by atoms with Crippen LogP contribution in [0.1, 0.15) is 5.56 Å². The molecule has 0 saturated heterocycles. The molecule has 0 aliphatic rings. The first-order valence-electron chi connectivity index (χ1n) is 9.70. The summed E-state index contributed by atoms with van der Waals surface area (Å²) in [5.41, 5.74) is 0.281. The third-order valence-corrected chi connectivity index (χ3v) is 4.44. The van der Waals surface area contributed by atoms with Gasteiger partial charge in [-0.25, -0.2) is 19.2 Å². The number of halogens is 4. The van der Waals surface area contributed by atoms with Gasteiger partial charge in [0.2, 0.25) is 5.88 Å². The molecule has 0 spiro atoms. The van der Waals surface area contributed by atoms with Crippen LogP contribution in [0.3, 0.4) is 0 Å². The lowest BCUT2D eigenvalue weighted by atomic mass is 10.2. The van der Waals surface area contributed by atoms with E-state index in [4.69, 9.17) is 4.74 Å². The van der Waals surface area contributed by atoms with Gasteiger partial charge < -0.3 is 15.4 Å². The predicted octanol–water partition coefficient (Wildman–Crippen LogP) is 5.47. The molecule has 2 amide bonds. The van der Waals surface area contributed by atoms with Gasteiger partial charge in [-0.15, -0.1) is 0 Å². The van der Waals surface area contributed by atoms with Gasteiger partial charge in [-0.1, -0.05) is 6.07 Å². The van der Waals surface area contributed by atoms with Crippen molar-refractivity contribution in [2.45, 2.75) is 6.18 Å². The van der Waals surface area contributed by atoms with E-state index in [0.717, 1.165) is 35.9 Å². The third kappa shape index (κ3) is 5.65. The first-order chi connectivity index (χ1) is 16.2. The fraction of sp³-hybridized carbons (Fsp3) is 0.0909. The number of alkyl halides is 3. The molecule has 174 valence electrons. The van der Waals surface area contributed by atoms with Gasteiger partial charge in [-0.2, -0.15) is 18.3 Å². The summed E-state index contributed by atoms with van der Waals surface area (Å²) in [7, 11) is 1.76. The van der Waals surface area contributed by atoms with Crippen LogP contribution in [0.25, 0.3) is 11.3 Å². The number of hydrogen-bond donors (Lipinski definition) is 2. The highest BCUT2D eigenvalue weighted by Gasteiger charge is 2.30. The zero-order chi connectivity index (χ0) is 24.3. The van der Waals surface area contributed by atoms with Gasteiger partial charge >= 0.3 is 12.2 Å². The van der Waals surface area contributed by atoms with Gasteiger partial charge in [-0.05, 0) is 24.3 Å². The molecule has 0 aliphatic heterocycles. The maximum absolute atomic E-state index is 14.1. The first-order valence-corrected chi connectivity index (χ1v) is 9.70. The minimum atomic E-state index is -4.55. The average molecular weight is 472 g/mol. The maximum atomic E-state index is 14.1. The zero-order valence-electron chi connectivity index (χ0n) is 17.5. The second-order valence-electron chi connectivity index (χ2n) is 7.08. The Kier molecular flexibility index (Phi) is 6.13. The Morgan fingerprint density at radius 3 is 2.56 bits per heavy atom. The Morgan fingerprint density at radius 1 is 1.03 bits per heavy atom. The molecular weight excluding hydrogens is 456 g/mol. The van der Waals surface area contributed by atoms with E-state index in [9.17, 15) is 22.4 Å². The monoisotopic (exact) mass is 472 g/mol. The number of ether oxygens (including phenoxy) is 1. The van der Waals surface area contributed by atoms with Crippen LogP contribution < -0.4 is 15.4 Å². The number of nitrogens with one attached hydrogen (secondary N) is 2. The zero-order valence-corrected chi connectivity index (χ0v) is 17.5. The Balaban J connectivity index is 1.47. The van der Waals surface area contributed by atoms with Gasteiger partial charge in [-0.3, -0.25) is 4.68 Å². The summed E-state index contributed by atoms with van der Waals surface area (Å²) < 4.78 is 59.9. The SMILES string of the molecule is Cn1cc(-c2cc(Oc3cc(F)cc(NC(=O)Nc4cccc(C(F)(F)F)c4)c3)ncn2)cn1.